The molecule has 0 saturated carbocycles. The third-order valence-electron chi connectivity index (χ3n) is 3.13. The molecule has 0 spiro atoms. The molecule has 4 nitrogen and oxygen atoms in total. The summed E-state index contributed by atoms with van der Waals surface area (Å²) in [5, 5.41) is 8.80. The van der Waals surface area contributed by atoms with E-state index in [0.717, 1.165) is 39.1 Å². The summed E-state index contributed by atoms with van der Waals surface area (Å²) < 4.78 is 0. The van der Waals surface area contributed by atoms with Gasteiger partial charge in [-0.15, -0.1) is 0 Å². The van der Waals surface area contributed by atoms with Gasteiger partial charge in [0.2, 0.25) is 5.91 Å². The maximum absolute atomic E-state index is 11.9. The third kappa shape index (κ3) is 3.47. The van der Waals surface area contributed by atoms with Gasteiger partial charge in [-0.25, -0.2) is 0 Å². The van der Waals surface area contributed by atoms with Crippen molar-refractivity contribution in [3.8, 4) is 0 Å². The Labute approximate surface area is 91.9 Å². The molecule has 0 aromatic rings. The van der Waals surface area contributed by atoms with E-state index >= 15 is 0 Å². The van der Waals surface area contributed by atoms with Crippen molar-refractivity contribution in [2.45, 2.75) is 20.3 Å². The van der Waals surface area contributed by atoms with E-state index in [9.17, 15) is 4.79 Å². The minimum Gasteiger partial charge on any atom is -0.395 e. The molecule has 0 aliphatic carbocycles. The van der Waals surface area contributed by atoms with E-state index in [1.165, 1.54) is 0 Å². The van der Waals surface area contributed by atoms with Gasteiger partial charge in [-0.1, -0.05) is 13.8 Å². The highest BCUT2D eigenvalue weighted by Gasteiger charge is 2.23. The summed E-state index contributed by atoms with van der Waals surface area (Å²) in [5.74, 6) is 0.426. The molecule has 15 heavy (non-hydrogen) atoms. The standard InChI is InChI=1S/C11H22N2O2/c1-3-10(2)11(15)13-6-4-12(5-7-13)8-9-14/h10,14H,3-9H2,1-2H3. The van der Waals surface area contributed by atoms with Crippen LogP contribution in [0, 0.1) is 5.92 Å². The minimum atomic E-state index is 0.148. The second-order valence-corrected chi connectivity index (χ2v) is 4.20. The number of rotatable bonds is 4. The molecule has 0 bridgehead atoms. The molecule has 1 atom stereocenters. The van der Waals surface area contributed by atoms with Crippen molar-refractivity contribution in [2.24, 2.45) is 5.92 Å². The summed E-state index contributed by atoms with van der Waals surface area (Å²) in [4.78, 5) is 16.0. The maximum atomic E-state index is 11.9. The van der Waals surface area contributed by atoms with Gasteiger partial charge in [-0.2, -0.15) is 0 Å². The van der Waals surface area contributed by atoms with Gasteiger partial charge >= 0.3 is 0 Å². The van der Waals surface area contributed by atoms with Crippen molar-refractivity contribution >= 4 is 5.91 Å². The van der Waals surface area contributed by atoms with E-state index in [-0.39, 0.29) is 18.4 Å². The van der Waals surface area contributed by atoms with Crippen LogP contribution >= 0.6 is 0 Å². The fourth-order valence-electron chi connectivity index (χ4n) is 1.82. The normalized spacial score (nSPS) is 20.3. The molecule has 1 heterocycles. The SMILES string of the molecule is CCC(C)C(=O)N1CCN(CCO)CC1. The highest BCUT2D eigenvalue weighted by Crippen LogP contribution is 2.09. The van der Waals surface area contributed by atoms with Gasteiger partial charge in [0.15, 0.2) is 0 Å². The first-order valence-electron chi connectivity index (χ1n) is 5.81. The second kappa shape index (κ2) is 6.08. The Balaban J connectivity index is 2.33. The zero-order chi connectivity index (χ0) is 11.3. The third-order valence-corrected chi connectivity index (χ3v) is 3.13. The quantitative estimate of drug-likeness (QED) is 0.725. The van der Waals surface area contributed by atoms with E-state index in [0.29, 0.717) is 0 Å². The highest BCUT2D eigenvalue weighted by molar-refractivity contribution is 5.78. The molecule has 1 saturated heterocycles. The largest absolute Gasteiger partial charge is 0.395 e. The lowest BCUT2D eigenvalue weighted by molar-refractivity contribution is -0.136. The Morgan fingerprint density at radius 3 is 2.40 bits per heavy atom. The van der Waals surface area contributed by atoms with Crippen molar-refractivity contribution in [1.29, 1.82) is 0 Å². The van der Waals surface area contributed by atoms with Gasteiger partial charge in [-0.3, -0.25) is 9.69 Å². The van der Waals surface area contributed by atoms with Crippen LogP contribution in [0.3, 0.4) is 0 Å². The van der Waals surface area contributed by atoms with Crippen molar-refractivity contribution in [3.63, 3.8) is 0 Å². The maximum Gasteiger partial charge on any atom is 0.225 e. The predicted molar refractivity (Wildman–Crippen MR) is 59.6 cm³/mol. The van der Waals surface area contributed by atoms with Crippen molar-refractivity contribution in [2.75, 3.05) is 39.3 Å². The van der Waals surface area contributed by atoms with Crippen LogP contribution in [0.4, 0.5) is 0 Å². The number of nitrogens with zero attached hydrogens (tertiary/aromatic N) is 2. The highest BCUT2D eigenvalue weighted by atomic mass is 16.3. The average Bonchev–Trinajstić information content (AvgIpc) is 2.28. The lowest BCUT2D eigenvalue weighted by Gasteiger charge is -2.35. The Kier molecular flexibility index (Phi) is 5.05. The van der Waals surface area contributed by atoms with Gasteiger partial charge in [0.05, 0.1) is 6.61 Å². The summed E-state index contributed by atoms with van der Waals surface area (Å²) in [6.45, 7) is 8.37. The van der Waals surface area contributed by atoms with Crippen LogP contribution in [0.5, 0.6) is 0 Å². The lowest BCUT2D eigenvalue weighted by Crippen LogP contribution is -2.50. The number of piperazine rings is 1. The van der Waals surface area contributed by atoms with E-state index < -0.39 is 0 Å². The number of aliphatic hydroxyl groups is 1. The summed E-state index contributed by atoms with van der Waals surface area (Å²) in [6.07, 6.45) is 0.912. The first-order chi connectivity index (χ1) is 7.19. The van der Waals surface area contributed by atoms with Crippen molar-refractivity contribution in [3.05, 3.63) is 0 Å². The monoisotopic (exact) mass is 214 g/mol. The number of carbonyl (C=O) groups is 1. The summed E-state index contributed by atoms with van der Waals surface area (Å²) >= 11 is 0. The number of aliphatic hydroxyl groups excluding tert-OH is 1. The van der Waals surface area contributed by atoms with Crippen LogP contribution in [0.1, 0.15) is 20.3 Å². The Morgan fingerprint density at radius 2 is 1.93 bits per heavy atom. The fourth-order valence-corrected chi connectivity index (χ4v) is 1.82. The van der Waals surface area contributed by atoms with Gasteiger partial charge < -0.3 is 10.0 Å². The van der Waals surface area contributed by atoms with Crippen LogP contribution in [0.15, 0.2) is 0 Å². The van der Waals surface area contributed by atoms with Crippen LogP contribution < -0.4 is 0 Å². The predicted octanol–water partition coefficient (Wildman–Crippen LogP) is 0.169. The molecule has 1 aliphatic rings. The number of amides is 1. The molecular formula is C11H22N2O2. The van der Waals surface area contributed by atoms with Crippen LogP contribution in [-0.2, 0) is 4.79 Å². The van der Waals surface area contributed by atoms with Crippen molar-refractivity contribution < 1.29 is 9.90 Å². The molecule has 1 amide bonds. The Hall–Kier alpha value is -0.610. The zero-order valence-electron chi connectivity index (χ0n) is 9.78. The van der Waals surface area contributed by atoms with Crippen LogP contribution in [0.25, 0.3) is 0 Å². The molecule has 0 radical (unpaired) electrons. The minimum absolute atomic E-state index is 0.148. The second-order valence-electron chi connectivity index (χ2n) is 4.20. The van der Waals surface area contributed by atoms with E-state index in [1.807, 2.05) is 18.7 Å². The molecule has 88 valence electrons. The summed E-state index contributed by atoms with van der Waals surface area (Å²) in [7, 11) is 0. The van der Waals surface area contributed by atoms with Crippen molar-refractivity contribution in [1.82, 2.24) is 9.80 Å². The molecule has 0 aromatic heterocycles. The fraction of sp³-hybridized carbons (Fsp3) is 0.909. The molecule has 1 unspecified atom stereocenters. The topological polar surface area (TPSA) is 43.8 Å². The van der Waals surface area contributed by atoms with E-state index in [4.69, 9.17) is 5.11 Å². The van der Waals surface area contributed by atoms with E-state index in [2.05, 4.69) is 4.90 Å². The number of β-amino-alcohol motifs (C(OH)–C–C–N with tert-alkyl or cyclic N) is 1. The Bertz CT molecular complexity index is 201. The van der Waals surface area contributed by atoms with Gasteiger partial charge in [0.25, 0.3) is 0 Å². The zero-order valence-corrected chi connectivity index (χ0v) is 9.78. The molecule has 0 aromatic carbocycles. The summed E-state index contributed by atoms with van der Waals surface area (Å²) in [5.41, 5.74) is 0. The lowest BCUT2D eigenvalue weighted by atomic mass is 10.1. The number of hydrogen-bond donors (Lipinski definition) is 1. The van der Waals surface area contributed by atoms with Crippen LogP contribution in [0.2, 0.25) is 0 Å². The molecule has 4 heteroatoms. The van der Waals surface area contributed by atoms with Crippen LogP contribution in [-0.4, -0.2) is 60.1 Å². The summed E-state index contributed by atoms with van der Waals surface area (Å²) in [6, 6.07) is 0. The van der Waals surface area contributed by atoms with E-state index in [1.54, 1.807) is 0 Å². The molecule has 1 N–H and O–H groups in total. The average molecular weight is 214 g/mol. The first kappa shape index (κ1) is 12.5. The number of hydrogen-bond acceptors (Lipinski definition) is 3. The van der Waals surface area contributed by atoms with Gasteiger partial charge in [0, 0.05) is 38.6 Å². The first-order valence-corrected chi connectivity index (χ1v) is 5.81. The molecular weight excluding hydrogens is 192 g/mol. The number of carbonyl (C=O) groups excluding carboxylic acids is 1. The smallest absolute Gasteiger partial charge is 0.225 e. The Morgan fingerprint density at radius 1 is 1.33 bits per heavy atom. The van der Waals surface area contributed by atoms with Gasteiger partial charge in [-0.05, 0) is 6.42 Å². The molecule has 1 rings (SSSR count). The van der Waals surface area contributed by atoms with Gasteiger partial charge in [0.1, 0.15) is 0 Å². The molecule has 1 fully saturated rings. The molecule has 1 aliphatic heterocycles.